The molecule has 4 rings (SSSR count). The molecule has 1 amide bonds. The largest absolute Gasteiger partial charge is 0.489 e. The zero-order valence-electron chi connectivity index (χ0n) is 17.1. The number of benzene rings is 2. The van der Waals surface area contributed by atoms with E-state index in [9.17, 15) is 4.79 Å². The predicted molar refractivity (Wildman–Crippen MR) is 123 cm³/mol. The third-order valence-corrected chi connectivity index (χ3v) is 5.69. The van der Waals surface area contributed by atoms with E-state index in [0.717, 1.165) is 28.0 Å². The molecule has 0 radical (unpaired) electrons. The Morgan fingerprint density at radius 1 is 1.13 bits per heavy atom. The van der Waals surface area contributed by atoms with Gasteiger partial charge in [-0.3, -0.25) is 10.1 Å². The van der Waals surface area contributed by atoms with Crippen LogP contribution in [0.2, 0.25) is 5.02 Å². The minimum Gasteiger partial charge on any atom is -0.489 e. The molecule has 1 N–H and O–H groups in total. The van der Waals surface area contributed by atoms with Gasteiger partial charge in [-0.2, -0.15) is 0 Å². The Bertz CT molecular complexity index is 1200. The molecule has 2 aromatic carbocycles. The first kappa shape index (κ1) is 21.1. The standard InChI is InChI=1S/C23H21ClN4O2S/c1-15-6-16(2)8-20(7-15)30-12-18-10-21(31-13-18)22(29)26-23-25-14-28(27-23)11-17-4-3-5-19(24)9-17/h3-10,13-14H,11-12H2,1-2H3,(H,26,27,29). The zero-order valence-corrected chi connectivity index (χ0v) is 18.7. The van der Waals surface area contributed by atoms with E-state index < -0.39 is 0 Å². The number of carbonyl (C=O) groups excluding carboxylic acids is 1. The maximum Gasteiger partial charge on any atom is 0.268 e. The van der Waals surface area contributed by atoms with Crippen LogP contribution >= 0.6 is 22.9 Å². The Labute approximate surface area is 189 Å². The van der Waals surface area contributed by atoms with E-state index in [1.54, 1.807) is 11.0 Å². The fraction of sp³-hybridized carbons (Fsp3) is 0.174. The summed E-state index contributed by atoms with van der Waals surface area (Å²) < 4.78 is 7.52. The molecule has 2 aromatic heterocycles. The summed E-state index contributed by atoms with van der Waals surface area (Å²) in [6, 6.07) is 15.5. The molecule has 0 spiro atoms. The minimum absolute atomic E-state index is 0.247. The number of nitrogens with zero attached hydrogens (tertiary/aromatic N) is 3. The molecule has 31 heavy (non-hydrogen) atoms. The third kappa shape index (κ3) is 5.71. The number of aromatic nitrogens is 3. The lowest BCUT2D eigenvalue weighted by Gasteiger charge is -2.07. The molecule has 8 heteroatoms. The van der Waals surface area contributed by atoms with Crippen LogP contribution in [0.3, 0.4) is 0 Å². The number of thiophene rings is 1. The van der Waals surface area contributed by atoms with Gasteiger partial charge in [0.25, 0.3) is 5.91 Å². The molecule has 6 nitrogen and oxygen atoms in total. The Morgan fingerprint density at radius 2 is 1.94 bits per heavy atom. The summed E-state index contributed by atoms with van der Waals surface area (Å²) in [4.78, 5) is 17.3. The van der Waals surface area contributed by atoms with Crippen molar-refractivity contribution in [1.29, 1.82) is 0 Å². The molecule has 0 aliphatic carbocycles. The van der Waals surface area contributed by atoms with Crippen LogP contribution in [0.15, 0.2) is 60.2 Å². The molecule has 158 valence electrons. The van der Waals surface area contributed by atoms with Crippen LogP contribution in [0, 0.1) is 13.8 Å². The molecule has 0 aliphatic rings. The summed E-state index contributed by atoms with van der Waals surface area (Å²) in [7, 11) is 0. The van der Waals surface area contributed by atoms with E-state index in [4.69, 9.17) is 16.3 Å². The molecular weight excluding hydrogens is 432 g/mol. The molecule has 0 aliphatic heterocycles. The van der Waals surface area contributed by atoms with Crippen molar-refractivity contribution in [3.8, 4) is 5.75 Å². The van der Waals surface area contributed by atoms with E-state index in [0.29, 0.717) is 23.1 Å². The fourth-order valence-corrected chi connectivity index (χ4v) is 4.17. The number of hydrogen-bond donors (Lipinski definition) is 1. The highest BCUT2D eigenvalue weighted by Gasteiger charge is 2.12. The van der Waals surface area contributed by atoms with Gasteiger partial charge in [0, 0.05) is 10.6 Å². The maximum absolute atomic E-state index is 12.6. The Balaban J connectivity index is 1.34. The molecular formula is C23H21ClN4O2S. The Morgan fingerprint density at radius 3 is 2.71 bits per heavy atom. The quantitative estimate of drug-likeness (QED) is 0.402. The number of hydrogen-bond acceptors (Lipinski definition) is 5. The summed E-state index contributed by atoms with van der Waals surface area (Å²) in [5, 5.41) is 9.64. The SMILES string of the molecule is Cc1cc(C)cc(OCc2csc(C(=O)Nc3ncn(Cc4cccc(Cl)c4)n3)c2)c1. The molecule has 0 atom stereocenters. The summed E-state index contributed by atoms with van der Waals surface area (Å²) in [6.07, 6.45) is 1.58. The van der Waals surface area contributed by atoms with Gasteiger partial charge in [-0.1, -0.05) is 29.8 Å². The lowest BCUT2D eigenvalue weighted by atomic mass is 10.1. The van der Waals surface area contributed by atoms with Gasteiger partial charge < -0.3 is 4.74 Å². The van der Waals surface area contributed by atoms with Crippen molar-refractivity contribution < 1.29 is 9.53 Å². The van der Waals surface area contributed by atoms with Crippen molar-refractivity contribution in [2.75, 3.05) is 5.32 Å². The second-order valence-corrected chi connectivity index (χ2v) is 8.63. The molecule has 2 heterocycles. The van der Waals surface area contributed by atoms with Gasteiger partial charge in [-0.05, 0) is 66.2 Å². The maximum atomic E-state index is 12.6. The first-order chi connectivity index (χ1) is 14.9. The fourth-order valence-electron chi connectivity index (χ4n) is 3.17. The predicted octanol–water partition coefficient (Wildman–Crippen LogP) is 5.49. The highest BCUT2D eigenvalue weighted by molar-refractivity contribution is 7.12. The number of nitrogens with one attached hydrogen (secondary N) is 1. The van der Waals surface area contributed by atoms with Crippen LogP contribution in [0.4, 0.5) is 5.95 Å². The molecule has 0 saturated carbocycles. The highest BCUT2D eigenvalue weighted by Crippen LogP contribution is 2.21. The average molecular weight is 453 g/mol. The normalized spacial score (nSPS) is 10.8. The second-order valence-electron chi connectivity index (χ2n) is 7.28. The summed E-state index contributed by atoms with van der Waals surface area (Å²) >= 11 is 7.38. The van der Waals surface area contributed by atoms with E-state index in [1.807, 2.05) is 61.7 Å². The first-order valence-corrected chi connectivity index (χ1v) is 10.9. The number of anilines is 1. The summed E-state index contributed by atoms with van der Waals surface area (Å²) in [5.41, 5.74) is 4.25. The monoisotopic (exact) mass is 452 g/mol. The molecule has 0 fully saturated rings. The topological polar surface area (TPSA) is 69.0 Å². The van der Waals surface area contributed by atoms with Gasteiger partial charge in [0.15, 0.2) is 0 Å². The van der Waals surface area contributed by atoms with Crippen molar-refractivity contribution in [3.05, 3.63) is 92.4 Å². The number of ether oxygens (including phenoxy) is 1. The smallest absolute Gasteiger partial charge is 0.268 e. The zero-order chi connectivity index (χ0) is 21.8. The lowest BCUT2D eigenvalue weighted by molar-refractivity contribution is 0.102. The average Bonchev–Trinajstić information content (AvgIpc) is 3.35. The number of carbonyl (C=O) groups is 1. The first-order valence-electron chi connectivity index (χ1n) is 9.68. The van der Waals surface area contributed by atoms with Crippen LogP contribution < -0.4 is 10.1 Å². The number of halogens is 1. The van der Waals surface area contributed by atoms with Gasteiger partial charge in [-0.15, -0.1) is 16.4 Å². The van der Waals surface area contributed by atoms with Gasteiger partial charge in [0.1, 0.15) is 18.7 Å². The second kappa shape index (κ2) is 9.32. The van der Waals surface area contributed by atoms with Gasteiger partial charge in [-0.25, -0.2) is 9.67 Å². The van der Waals surface area contributed by atoms with Gasteiger partial charge in [0.2, 0.25) is 5.95 Å². The van der Waals surface area contributed by atoms with E-state index in [2.05, 4.69) is 21.5 Å². The summed E-state index contributed by atoms with van der Waals surface area (Å²) in [5.74, 6) is 0.834. The van der Waals surface area contributed by atoms with E-state index >= 15 is 0 Å². The van der Waals surface area contributed by atoms with Crippen LogP contribution in [-0.4, -0.2) is 20.7 Å². The Hall–Kier alpha value is -3.16. The molecule has 4 aromatic rings. The lowest BCUT2D eigenvalue weighted by Crippen LogP contribution is -2.12. The van der Waals surface area contributed by atoms with E-state index in [-0.39, 0.29) is 11.9 Å². The molecule has 0 saturated heterocycles. The van der Waals surface area contributed by atoms with Crippen molar-refractivity contribution in [3.63, 3.8) is 0 Å². The van der Waals surface area contributed by atoms with Crippen molar-refractivity contribution in [2.24, 2.45) is 0 Å². The van der Waals surface area contributed by atoms with Crippen LogP contribution in [0.5, 0.6) is 5.75 Å². The third-order valence-electron chi connectivity index (χ3n) is 4.47. The number of aryl methyl sites for hydroxylation is 2. The highest BCUT2D eigenvalue weighted by atomic mass is 35.5. The molecule has 0 bridgehead atoms. The van der Waals surface area contributed by atoms with Crippen LogP contribution in [-0.2, 0) is 13.2 Å². The van der Waals surface area contributed by atoms with Crippen molar-refractivity contribution in [2.45, 2.75) is 27.0 Å². The van der Waals surface area contributed by atoms with E-state index in [1.165, 1.54) is 11.3 Å². The van der Waals surface area contributed by atoms with Crippen molar-refractivity contribution in [1.82, 2.24) is 14.8 Å². The van der Waals surface area contributed by atoms with Gasteiger partial charge >= 0.3 is 0 Å². The van der Waals surface area contributed by atoms with Crippen molar-refractivity contribution >= 4 is 34.8 Å². The van der Waals surface area contributed by atoms with Crippen LogP contribution in [0.25, 0.3) is 0 Å². The molecule has 0 unspecified atom stereocenters. The number of rotatable bonds is 7. The number of amides is 1. The van der Waals surface area contributed by atoms with Gasteiger partial charge in [0.05, 0.1) is 11.4 Å². The minimum atomic E-state index is -0.247. The van der Waals surface area contributed by atoms with Crippen LogP contribution in [0.1, 0.15) is 31.9 Å². The Kier molecular flexibility index (Phi) is 6.34. The summed E-state index contributed by atoms with van der Waals surface area (Å²) in [6.45, 7) is 5.00.